The molecule has 8 heteroatoms. The molecule has 4 nitrogen and oxygen atoms in total. The molecule has 142 valence electrons. The molecule has 0 spiro atoms. The Morgan fingerprint density at radius 3 is 2.85 bits per heavy atom. The molecule has 0 amide bonds. The van der Waals surface area contributed by atoms with Crippen LogP contribution in [0.4, 0.5) is 0 Å². The summed E-state index contributed by atoms with van der Waals surface area (Å²) in [6, 6.07) is 5.56. The summed E-state index contributed by atoms with van der Waals surface area (Å²) >= 11 is 15.1. The number of rotatable bonds is 3. The zero-order valence-electron chi connectivity index (χ0n) is 15.1. The molecule has 1 aliphatic rings. The molecule has 0 saturated heterocycles. The summed E-state index contributed by atoms with van der Waals surface area (Å²) in [5, 5.41) is 2.50. The largest absolute Gasteiger partial charge is 0.370 e. The van der Waals surface area contributed by atoms with E-state index in [1.807, 2.05) is 12.1 Å². The number of nitrogens with zero attached hydrogens (tertiary/aromatic N) is 2. The van der Waals surface area contributed by atoms with Crippen LogP contribution in [0.5, 0.6) is 0 Å². The molecule has 3 aromatic rings. The first-order chi connectivity index (χ1) is 12.7. The molecule has 2 aromatic heterocycles. The summed E-state index contributed by atoms with van der Waals surface area (Å²) in [4.78, 5) is 19.7. The Balaban J connectivity index is 1.70. The van der Waals surface area contributed by atoms with Crippen molar-refractivity contribution >= 4 is 56.5 Å². The molecule has 0 radical (unpaired) electrons. The van der Waals surface area contributed by atoms with Gasteiger partial charge < -0.3 is 4.74 Å². The van der Waals surface area contributed by atoms with E-state index in [9.17, 15) is 4.79 Å². The van der Waals surface area contributed by atoms with E-state index >= 15 is 0 Å². The lowest BCUT2D eigenvalue weighted by atomic mass is 9.94. The Hall–Kier alpha value is -1.05. The summed E-state index contributed by atoms with van der Waals surface area (Å²) in [7, 11) is 1.78. The zero-order valence-corrected chi connectivity index (χ0v) is 18.3. The van der Waals surface area contributed by atoms with Gasteiger partial charge in [0.1, 0.15) is 4.83 Å². The number of fused-ring (bicyclic) bond motifs is 3. The number of halogens is 2. The van der Waals surface area contributed by atoms with Gasteiger partial charge >= 0.3 is 0 Å². The van der Waals surface area contributed by atoms with Crippen LogP contribution in [-0.2, 0) is 30.6 Å². The van der Waals surface area contributed by atoms with E-state index in [2.05, 4.69) is 13.8 Å². The van der Waals surface area contributed by atoms with Crippen molar-refractivity contribution in [2.75, 3.05) is 0 Å². The highest BCUT2D eigenvalue weighted by atomic mass is 35.5. The number of thiophene rings is 1. The first-order valence-electron chi connectivity index (χ1n) is 8.47. The second-order valence-electron chi connectivity index (χ2n) is 7.20. The number of aromatic nitrogens is 2. The second-order valence-corrected chi connectivity index (χ2v) is 10.0. The molecule has 0 unspecified atom stereocenters. The average molecular weight is 441 g/mol. The normalized spacial score (nSPS) is 15.9. The van der Waals surface area contributed by atoms with E-state index < -0.39 is 0 Å². The number of hydrogen-bond acceptors (Lipinski definition) is 5. The van der Waals surface area contributed by atoms with E-state index in [1.54, 1.807) is 29.0 Å². The minimum atomic E-state index is -0.257. The highest BCUT2D eigenvalue weighted by Gasteiger charge is 2.31. The molecule has 1 aromatic carbocycles. The topological polar surface area (TPSA) is 44.1 Å². The minimum Gasteiger partial charge on any atom is -0.370 e. The van der Waals surface area contributed by atoms with Crippen molar-refractivity contribution in [3.05, 3.63) is 54.6 Å². The van der Waals surface area contributed by atoms with E-state index in [0.717, 1.165) is 32.6 Å². The number of ether oxygens (including phenoxy) is 1. The van der Waals surface area contributed by atoms with Crippen LogP contribution >= 0.6 is 46.3 Å². The molecule has 0 N–H and O–H groups in total. The minimum absolute atomic E-state index is 0.00633. The quantitative estimate of drug-likeness (QED) is 0.401. The van der Waals surface area contributed by atoms with Gasteiger partial charge in [0, 0.05) is 24.1 Å². The SMILES string of the molecule is Cn1c(SCc2ccc(Cl)c(Cl)c2)nc2sc3c(c2c1=O)CC(C)(C)OC3. The van der Waals surface area contributed by atoms with Crippen molar-refractivity contribution in [3.63, 3.8) is 0 Å². The summed E-state index contributed by atoms with van der Waals surface area (Å²) in [5.74, 6) is 0.657. The Morgan fingerprint density at radius 2 is 2.11 bits per heavy atom. The maximum atomic E-state index is 13.0. The monoisotopic (exact) mass is 440 g/mol. The van der Waals surface area contributed by atoms with Gasteiger partial charge in [-0.3, -0.25) is 9.36 Å². The Labute approximate surface area is 175 Å². The van der Waals surface area contributed by atoms with Crippen LogP contribution in [0.1, 0.15) is 29.9 Å². The summed E-state index contributed by atoms with van der Waals surface area (Å²) < 4.78 is 7.53. The molecule has 0 bridgehead atoms. The van der Waals surface area contributed by atoms with Crippen LogP contribution in [0.3, 0.4) is 0 Å². The molecule has 1 aliphatic heterocycles. The number of benzene rings is 1. The van der Waals surface area contributed by atoms with Crippen LogP contribution in [0.25, 0.3) is 10.2 Å². The van der Waals surface area contributed by atoms with Gasteiger partial charge in [0.15, 0.2) is 5.16 Å². The average Bonchev–Trinajstić information content (AvgIpc) is 2.96. The van der Waals surface area contributed by atoms with Crippen LogP contribution < -0.4 is 5.56 Å². The standard InChI is InChI=1S/C19H18Cl2N2O2S2/c1-19(2)7-11-14(8-25-19)27-16-15(11)17(24)23(3)18(22-16)26-9-10-4-5-12(20)13(21)6-10/h4-6H,7-9H2,1-3H3. The Bertz CT molecular complexity index is 1110. The van der Waals surface area contributed by atoms with E-state index in [0.29, 0.717) is 27.6 Å². The first kappa shape index (κ1) is 19.3. The predicted molar refractivity (Wildman–Crippen MR) is 113 cm³/mol. The van der Waals surface area contributed by atoms with Crippen molar-refractivity contribution in [1.29, 1.82) is 0 Å². The molecule has 27 heavy (non-hydrogen) atoms. The van der Waals surface area contributed by atoms with Gasteiger partial charge in [0.05, 0.1) is 27.6 Å². The fraction of sp³-hybridized carbons (Fsp3) is 0.368. The van der Waals surface area contributed by atoms with Gasteiger partial charge in [-0.1, -0.05) is 41.0 Å². The van der Waals surface area contributed by atoms with Gasteiger partial charge in [-0.15, -0.1) is 11.3 Å². The summed E-state index contributed by atoms with van der Waals surface area (Å²) in [6.45, 7) is 4.65. The van der Waals surface area contributed by atoms with Crippen LogP contribution in [0, 0.1) is 0 Å². The fourth-order valence-electron chi connectivity index (χ4n) is 3.16. The van der Waals surface area contributed by atoms with Gasteiger partial charge in [-0.2, -0.15) is 0 Å². The summed E-state index contributed by atoms with van der Waals surface area (Å²) in [5.41, 5.74) is 1.88. The number of thioether (sulfide) groups is 1. The van der Waals surface area contributed by atoms with Crippen molar-refractivity contribution in [2.24, 2.45) is 7.05 Å². The van der Waals surface area contributed by atoms with E-state index in [-0.39, 0.29) is 11.2 Å². The first-order valence-corrected chi connectivity index (χ1v) is 11.0. The lowest BCUT2D eigenvalue weighted by Gasteiger charge is -2.29. The third kappa shape index (κ3) is 3.66. The maximum Gasteiger partial charge on any atom is 0.262 e. The fourth-order valence-corrected chi connectivity index (χ4v) is 5.54. The predicted octanol–water partition coefficient (Wildman–Crippen LogP) is 5.45. The van der Waals surface area contributed by atoms with Gasteiger partial charge in [0.25, 0.3) is 5.56 Å². The zero-order chi connectivity index (χ0) is 19.3. The molecule has 3 heterocycles. The van der Waals surface area contributed by atoms with Crippen LogP contribution in [-0.4, -0.2) is 15.2 Å². The van der Waals surface area contributed by atoms with Gasteiger partial charge in [0.2, 0.25) is 0 Å². The lowest BCUT2D eigenvalue weighted by molar-refractivity contribution is -0.0379. The third-order valence-corrected chi connectivity index (χ3v) is 7.56. The second kappa shape index (κ2) is 7.08. The smallest absolute Gasteiger partial charge is 0.262 e. The Morgan fingerprint density at radius 1 is 1.33 bits per heavy atom. The van der Waals surface area contributed by atoms with Crippen molar-refractivity contribution in [3.8, 4) is 0 Å². The van der Waals surface area contributed by atoms with Crippen molar-refractivity contribution in [2.45, 2.75) is 43.4 Å². The lowest BCUT2D eigenvalue weighted by Crippen LogP contribution is -2.32. The molecule has 0 aliphatic carbocycles. The molecule has 0 saturated carbocycles. The number of hydrogen-bond donors (Lipinski definition) is 0. The van der Waals surface area contributed by atoms with Gasteiger partial charge in [-0.05, 0) is 37.1 Å². The molecule has 0 atom stereocenters. The highest BCUT2D eigenvalue weighted by molar-refractivity contribution is 7.98. The van der Waals surface area contributed by atoms with Crippen LogP contribution in [0.15, 0.2) is 28.2 Å². The molecular formula is C19H18Cl2N2O2S2. The van der Waals surface area contributed by atoms with E-state index in [1.165, 1.54) is 11.8 Å². The highest BCUT2D eigenvalue weighted by Crippen LogP contribution is 2.37. The maximum absolute atomic E-state index is 13.0. The molecule has 0 fully saturated rings. The molecule has 4 rings (SSSR count). The van der Waals surface area contributed by atoms with E-state index in [4.69, 9.17) is 32.9 Å². The van der Waals surface area contributed by atoms with Crippen molar-refractivity contribution < 1.29 is 4.74 Å². The van der Waals surface area contributed by atoms with Crippen LogP contribution in [0.2, 0.25) is 10.0 Å². The van der Waals surface area contributed by atoms with Crippen molar-refractivity contribution in [1.82, 2.24) is 9.55 Å². The van der Waals surface area contributed by atoms with Gasteiger partial charge in [-0.25, -0.2) is 4.98 Å². The summed E-state index contributed by atoms with van der Waals surface area (Å²) in [6.07, 6.45) is 0.731. The third-order valence-electron chi connectivity index (χ3n) is 4.62. The Kier molecular flexibility index (Phi) is 5.06. The molecular weight excluding hydrogens is 423 g/mol.